The minimum absolute atomic E-state index is 0.0738. The highest BCUT2D eigenvalue weighted by Gasteiger charge is 2.24. The van der Waals surface area contributed by atoms with Crippen molar-refractivity contribution in [1.82, 2.24) is 9.97 Å². The summed E-state index contributed by atoms with van der Waals surface area (Å²) in [5.41, 5.74) is 12.1. The molecule has 1 aliphatic heterocycles. The minimum atomic E-state index is -0.0738. The van der Waals surface area contributed by atoms with Crippen LogP contribution in [-0.4, -0.2) is 15.7 Å². The second-order valence-electron chi connectivity index (χ2n) is 13.9. The van der Waals surface area contributed by atoms with Crippen LogP contribution in [-0.2, 0) is 6.42 Å². The molecule has 53 heavy (non-hydrogen) atoms. The summed E-state index contributed by atoms with van der Waals surface area (Å²) in [6.45, 7) is 0. The average molecular weight is 678 g/mol. The van der Waals surface area contributed by atoms with Crippen molar-refractivity contribution in [3.8, 4) is 33.8 Å². The van der Waals surface area contributed by atoms with Crippen LogP contribution >= 0.6 is 0 Å². The third-order valence-corrected chi connectivity index (χ3v) is 10.6. The standard InChI is InChI=1S/C50H35N3/c1-2-14-35(15-3-1)50-49-34(25-24-33-13-4-7-18-41(33)49)26-27-45(53-50)39-30-38(44-22-12-23-47(52-44)46-21-10-11-28-51-46)31-40(32-39)48-42-19-8-5-16-36(42)29-37-17-6-9-20-43(37)48/h1-25,28-32,45H,26-27H2. The zero-order valence-electron chi connectivity index (χ0n) is 29.2. The van der Waals surface area contributed by atoms with E-state index in [1.54, 1.807) is 0 Å². The van der Waals surface area contributed by atoms with E-state index in [4.69, 9.17) is 9.98 Å². The van der Waals surface area contributed by atoms with Crippen LogP contribution in [0.2, 0.25) is 0 Å². The first-order valence-electron chi connectivity index (χ1n) is 18.4. The number of benzene rings is 7. The summed E-state index contributed by atoms with van der Waals surface area (Å²) >= 11 is 0. The third kappa shape index (κ3) is 5.68. The molecule has 3 heterocycles. The summed E-state index contributed by atoms with van der Waals surface area (Å²) in [6.07, 6.45) is 3.64. The molecule has 3 nitrogen and oxygen atoms in total. The van der Waals surface area contributed by atoms with Crippen LogP contribution in [0, 0.1) is 0 Å². The van der Waals surface area contributed by atoms with E-state index < -0.39 is 0 Å². The van der Waals surface area contributed by atoms with Crippen molar-refractivity contribution in [2.24, 2.45) is 4.99 Å². The fourth-order valence-electron chi connectivity index (χ4n) is 8.15. The van der Waals surface area contributed by atoms with E-state index in [0.717, 1.165) is 46.8 Å². The van der Waals surface area contributed by atoms with Crippen LogP contribution < -0.4 is 0 Å². The van der Waals surface area contributed by atoms with Crippen molar-refractivity contribution in [3.63, 3.8) is 0 Å². The smallest absolute Gasteiger partial charge is 0.0893 e. The maximum atomic E-state index is 5.75. The first kappa shape index (κ1) is 31.1. The van der Waals surface area contributed by atoms with Gasteiger partial charge in [0.1, 0.15) is 0 Å². The van der Waals surface area contributed by atoms with Crippen molar-refractivity contribution >= 4 is 38.0 Å². The first-order valence-corrected chi connectivity index (χ1v) is 18.4. The van der Waals surface area contributed by atoms with E-state index in [1.165, 1.54) is 60.1 Å². The Labute approximate surface area is 309 Å². The quantitative estimate of drug-likeness (QED) is 0.170. The van der Waals surface area contributed by atoms with Crippen molar-refractivity contribution in [3.05, 3.63) is 204 Å². The van der Waals surface area contributed by atoms with Gasteiger partial charge in [0.15, 0.2) is 0 Å². The Hall–Kier alpha value is -6.71. The van der Waals surface area contributed by atoms with Gasteiger partial charge >= 0.3 is 0 Å². The van der Waals surface area contributed by atoms with E-state index in [0.29, 0.717) is 0 Å². The predicted molar refractivity (Wildman–Crippen MR) is 220 cm³/mol. The minimum Gasteiger partial charge on any atom is -0.276 e. The molecule has 0 spiro atoms. The number of nitrogens with zero attached hydrogens (tertiary/aromatic N) is 3. The fraction of sp³-hybridized carbons (Fsp3) is 0.0600. The molecule has 2 aromatic heterocycles. The number of fused-ring (bicyclic) bond motifs is 5. The molecule has 0 radical (unpaired) electrons. The molecule has 0 fully saturated rings. The lowest BCUT2D eigenvalue weighted by Gasteiger charge is -2.19. The molecule has 9 aromatic rings. The Balaban J connectivity index is 1.23. The van der Waals surface area contributed by atoms with Gasteiger partial charge < -0.3 is 0 Å². The number of aliphatic imine (C=N–C) groups is 1. The Bertz CT molecular complexity index is 2790. The SMILES string of the molecule is c1ccc(C2=NC(c3cc(-c4cccc(-c5ccccn5)n4)cc(-c4c5ccccc5cc5ccccc45)c3)CCc3ccc4ccccc4c32)cc1. The Morgan fingerprint density at radius 1 is 0.434 bits per heavy atom. The summed E-state index contributed by atoms with van der Waals surface area (Å²) in [7, 11) is 0. The van der Waals surface area contributed by atoms with Crippen molar-refractivity contribution in [2.45, 2.75) is 18.9 Å². The number of aromatic nitrogens is 2. The Kier molecular flexibility index (Phi) is 7.69. The van der Waals surface area contributed by atoms with E-state index in [-0.39, 0.29) is 6.04 Å². The monoisotopic (exact) mass is 677 g/mol. The Morgan fingerprint density at radius 2 is 1.08 bits per heavy atom. The molecule has 0 N–H and O–H groups in total. The van der Waals surface area contributed by atoms with E-state index in [1.807, 2.05) is 30.5 Å². The summed E-state index contributed by atoms with van der Waals surface area (Å²) in [6, 6.07) is 63.0. The number of pyridine rings is 2. The lowest BCUT2D eigenvalue weighted by molar-refractivity contribution is 0.662. The molecule has 0 saturated carbocycles. The second-order valence-corrected chi connectivity index (χ2v) is 13.9. The highest BCUT2D eigenvalue weighted by molar-refractivity contribution is 6.20. The molecule has 0 aliphatic carbocycles. The molecule has 1 atom stereocenters. The topological polar surface area (TPSA) is 38.1 Å². The van der Waals surface area contributed by atoms with Crippen molar-refractivity contribution < 1.29 is 0 Å². The number of hydrogen-bond donors (Lipinski definition) is 0. The lowest BCUT2D eigenvalue weighted by Crippen LogP contribution is -2.07. The van der Waals surface area contributed by atoms with Gasteiger partial charge in [-0.3, -0.25) is 9.98 Å². The van der Waals surface area contributed by atoms with Gasteiger partial charge in [-0.2, -0.15) is 0 Å². The molecular formula is C50H35N3. The lowest BCUT2D eigenvalue weighted by atomic mass is 9.88. The molecule has 7 aromatic carbocycles. The maximum absolute atomic E-state index is 5.75. The third-order valence-electron chi connectivity index (χ3n) is 10.6. The van der Waals surface area contributed by atoms with Gasteiger partial charge in [0.2, 0.25) is 0 Å². The van der Waals surface area contributed by atoms with Gasteiger partial charge in [-0.05, 0) is 116 Å². The maximum Gasteiger partial charge on any atom is 0.0893 e. The van der Waals surface area contributed by atoms with Crippen LogP contribution in [0.4, 0.5) is 0 Å². The van der Waals surface area contributed by atoms with Gasteiger partial charge in [-0.1, -0.05) is 127 Å². The molecule has 250 valence electrons. The van der Waals surface area contributed by atoms with Gasteiger partial charge in [0.05, 0.1) is 28.8 Å². The second kappa shape index (κ2) is 13.1. The van der Waals surface area contributed by atoms with Crippen molar-refractivity contribution in [2.75, 3.05) is 0 Å². The highest BCUT2D eigenvalue weighted by Crippen LogP contribution is 2.42. The summed E-state index contributed by atoms with van der Waals surface area (Å²) < 4.78 is 0. The molecule has 3 heteroatoms. The van der Waals surface area contributed by atoms with Gasteiger partial charge in [0.25, 0.3) is 0 Å². The van der Waals surface area contributed by atoms with Gasteiger partial charge in [-0.15, -0.1) is 0 Å². The molecule has 0 saturated heterocycles. The fourth-order valence-corrected chi connectivity index (χ4v) is 8.15. The molecular weight excluding hydrogens is 643 g/mol. The molecule has 10 rings (SSSR count). The molecule has 1 unspecified atom stereocenters. The zero-order chi connectivity index (χ0) is 35.1. The van der Waals surface area contributed by atoms with Crippen LogP contribution in [0.15, 0.2) is 187 Å². The predicted octanol–water partition coefficient (Wildman–Crippen LogP) is 12.5. The number of rotatable bonds is 5. The highest BCUT2D eigenvalue weighted by atomic mass is 14.8. The average Bonchev–Trinajstić information content (AvgIpc) is 3.44. The summed E-state index contributed by atoms with van der Waals surface area (Å²) in [4.78, 5) is 15.6. The summed E-state index contributed by atoms with van der Waals surface area (Å²) in [5, 5.41) is 7.41. The van der Waals surface area contributed by atoms with Crippen LogP contribution in [0.3, 0.4) is 0 Å². The van der Waals surface area contributed by atoms with Gasteiger partial charge in [0, 0.05) is 22.9 Å². The van der Waals surface area contributed by atoms with Crippen LogP contribution in [0.1, 0.15) is 34.7 Å². The first-order chi connectivity index (χ1) is 26.3. The molecule has 0 bridgehead atoms. The van der Waals surface area contributed by atoms with Crippen LogP contribution in [0.5, 0.6) is 0 Å². The summed E-state index contributed by atoms with van der Waals surface area (Å²) in [5.74, 6) is 0. The zero-order valence-corrected chi connectivity index (χ0v) is 29.2. The van der Waals surface area contributed by atoms with Crippen molar-refractivity contribution in [1.29, 1.82) is 0 Å². The Morgan fingerprint density at radius 3 is 1.83 bits per heavy atom. The number of hydrogen-bond acceptors (Lipinski definition) is 3. The van der Waals surface area contributed by atoms with E-state index in [9.17, 15) is 0 Å². The van der Waals surface area contributed by atoms with Gasteiger partial charge in [-0.25, -0.2) is 4.98 Å². The van der Waals surface area contributed by atoms with E-state index >= 15 is 0 Å². The van der Waals surface area contributed by atoms with Crippen LogP contribution in [0.25, 0.3) is 66.1 Å². The number of aryl methyl sites for hydroxylation is 1. The molecule has 0 amide bonds. The molecule has 1 aliphatic rings. The normalized spacial score (nSPS) is 14.2. The van der Waals surface area contributed by atoms with E-state index in [2.05, 4.69) is 157 Å². The largest absolute Gasteiger partial charge is 0.276 e.